The number of carbonyl (C=O) groups is 1. The molecule has 0 aliphatic carbocycles. The lowest BCUT2D eigenvalue weighted by atomic mass is 10.1. The standard InChI is InChI=1S/C18H16IN3O3/c1-3-22-17(24)13-6-4-11(9-15(13)21-18(22)25)16(23)20-14-7-5-12(19)8-10(14)2/h4-9H,3H2,1-2H3,(H,20,23)(H,21,25). The van der Waals surface area contributed by atoms with Gasteiger partial charge in [0, 0.05) is 21.4 Å². The van der Waals surface area contributed by atoms with Gasteiger partial charge in [-0.2, -0.15) is 0 Å². The van der Waals surface area contributed by atoms with E-state index in [1.165, 1.54) is 6.07 Å². The van der Waals surface area contributed by atoms with Crippen molar-refractivity contribution in [2.24, 2.45) is 0 Å². The van der Waals surface area contributed by atoms with E-state index in [1.54, 1.807) is 19.1 Å². The topological polar surface area (TPSA) is 84.0 Å². The van der Waals surface area contributed by atoms with Gasteiger partial charge >= 0.3 is 5.69 Å². The van der Waals surface area contributed by atoms with Gasteiger partial charge in [-0.3, -0.25) is 14.2 Å². The first-order valence-electron chi connectivity index (χ1n) is 7.75. The molecule has 1 aromatic heterocycles. The van der Waals surface area contributed by atoms with Crippen molar-refractivity contribution in [2.45, 2.75) is 20.4 Å². The molecule has 2 aromatic carbocycles. The third kappa shape index (κ3) is 3.37. The number of nitrogens with zero attached hydrogens (tertiary/aromatic N) is 1. The molecule has 0 radical (unpaired) electrons. The zero-order valence-corrected chi connectivity index (χ0v) is 15.9. The lowest BCUT2D eigenvalue weighted by molar-refractivity contribution is 0.102. The predicted octanol–water partition coefficient (Wildman–Crippen LogP) is 2.88. The summed E-state index contributed by atoms with van der Waals surface area (Å²) in [5.74, 6) is -0.299. The number of anilines is 1. The van der Waals surface area contributed by atoms with Crippen molar-refractivity contribution in [1.29, 1.82) is 0 Å². The maximum Gasteiger partial charge on any atom is 0.328 e. The first kappa shape index (κ1) is 17.4. The van der Waals surface area contributed by atoms with Crippen LogP contribution in [0.3, 0.4) is 0 Å². The van der Waals surface area contributed by atoms with Crippen molar-refractivity contribution in [2.75, 3.05) is 5.32 Å². The SMILES string of the molecule is CCn1c(=O)[nH]c2cc(C(=O)Nc3ccc(I)cc3C)ccc2c1=O. The maximum atomic E-state index is 12.5. The van der Waals surface area contributed by atoms with Crippen LogP contribution in [0.1, 0.15) is 22.8 Å². The summed E-state index contributed by atoms with van der Waals surface area (Å²) in [5, 5.41) is 3.23. The highest BCUT2D eigenvalue weighted by molar-refractivity contribution is 14.1. The number of aromatic amines is 1. The van der Waals surface area contributed by atoms with E-state index in [0.717, 1.165) is 19.4 Å². The van der Waals surface area contributed by atoms with E-state index in [4.69, 9.17) is 0 Å². The van der Waals surface area contributed by atoms with Crippen LogP contribution in [-0.4, -0.2) is 15.5 Å². The number of amides is 1. The summed E-state index contributed by atoms with van der Waals surface area (Å²) in [5.41, 5.74) is 1.56. The minimum absolute atomic E-state index is 0.290. The Labute approximate surface area is 157 Å². The number of aromatic nitrogens is 2. The van der Waals surface area contributed by atoms with Crippen molar-refractivity contribution in [3.05, 3.63) is 71.9 Å². The summed E-state index contributed by atoms with van der Waals surface area (Å²) in [6, 6.07) is 10.4. The number of rotatable bonds is 3. The van der Waals surface area contributed by atoms with E-state index in [0.29, 0.717) is 23.0 Å². The summed E-state index contributed by atoms with van der Waals surface area (Å²) in [6.07, 6.45) is 0. The van der Waals surface area contributed by atoms with Crippen LogP contribution >= 0.6 is 22.6 Å². The van der Waals surface area contributed by atoms with Crippen molar-refractivity contribution < 1.29 is 4.79 Å². The smallest absolute Gasteiger partial charge is 0.322 e. The maximum absolute atomic E-state index is 12.5. The Balaban J connectivity index is 2.00. The van der Waals surface area contributed by atoms with Gasteiger partial charge < -0.3 is 10.3 Å². The summed E-state index contributed by atoms with van der Waals surface area (Å²) >= 11 is 2.21. The van der Waals surface area contributed by atoms with Crippen LogP contribution in [-0.2, 0) is 6.54 Å². The Kier molecular flexibility index (Phi) is 4.76. The molecule has 0 spiro atoms. The highest BCUT2D eigenvalue weighted by Gasteiger charge is 2.12. The summed E-state index contributed by atoms with van der Waals surface area (Å²) in [7, 11) is 0. The van der Waals surface area contributed by atoms with Crippen LogP contribution in [0.2, 0.25) is 0 Å². The minimum Gasteiger partial charge on any atom is -0.322 e. The van der Waals surface area contributed by atoms with Gasteiger partial charge in [-0.05, 0) is 78.4 Å². The molecule has 0 bridgehead atoms. The van der Waals surface area contributed by atoms with E-state index < -0.39 is 5.69 Å². The van der Waals surface area contributed by atoms with Crippen LogP contribution in [0.25, 0.3) is 10.9 Å². The largest absolute Gasteiger partial charge is 0.328 e. The van der Waals surface area contributed by atoms with Crippen molar-refractivity contribution in [1.82, 2.24) is 9.55 Å². The molecule has 25 heavy (non-hydrogen) atoms. The number of carbonyl (C=O) groups excluding carboxylic acids is 1. The molecule has 0 unspecified atom stereocenters. The van der Waals surface area contributed by atoms with Crippen molar-refractivity contribution >= 4 is 45.1 Å². The minimum atomic E-state index is -0.481. The second-order valence-electron chi connectivity index (χ2n) is 5.65. The average Bonchev–Trinajstić information content (AvgIpc) is 2.57. The number of nitrogens with one attached hydrogen (secondary N) is 2. The molecular formula is C18H16IN3O3. The average molecular weight is 449 g/mol. The number of fused-ring (bicyclic) bond motifs is 1. The lowest BCUT2D eigenvalue weighted by Gasteiger charge is -2.10. The molecule has 0 aliphatic heterocycles. The third-order valence-electron chi connectivity index (χ3n) is 4.00. The monoisotopic (exact) mass is 449 g/mol. The Morgan fingerprint density at radius 1 is 1.20 bits per heavy atom. The molecule has 0 aliphatic rings. The third-order valence-corrected chi connectivity index (χ3v) is 4.67. The van der Waals surface area contributed by atoms with Crippen molar-refractivity contribution in [3.8, 4) is 0 Å². The van der Waals surface area contributed by atoms with Gasteiger partial charge in [-0.15, -0.1) is 0 Å². The normalized spacial score (nSPS) is 10.8. The molecule has 0 fully saturated rings. The van der Waals surface area contributed by atoms with Crippen LogP contribution in [0, 0.1) is 10.5 Å². The van der Waals surface area contributed by atoms with Crippen LogP contribution in [0.15, 0.2) is 46.0 Å². The fraction of sp³-hybridized carbons (Fsp3) is 0.167. The molecule has 3 aromatic rings. The van der Waals surface area contributed by atoms with Crippen molar-refractivity contribution in [3.63, 3.8) is 0 Å². The Morgan fingerprint density at radius 3 is 2.64 bits per heavy atom. The molecule has 0 atom stereocenters. The predicted molar refractivity (Wildman–Crippen MR) is 106 cm³/mol. The molecule has 2 N–H and O–H groups in total. The van der Waals surface area contributed by atoms with Gasteiger partial charge in [0.05, 0.1) is 10.9 Å². The van der Waals surface area contributed by atoms with E-state index in [9.17, 15) is 14.4 Å². The zero-order chi connectivity index (χ0) is 18.1. The molecule has 0 saturated heterocycles. The van der Waals surface area contributed by atoms with Gasteiger partial charge in [0.15, 0.2) is 0 Å². The summed E-state index contributed by atoms with van der Waals surface area (Å²) < 4.78 is 2.21. The number of benzene rings is 2. The molecular weight excluding hydrogens is 433 g/mol. The molecule has 1 amide bonds. The first-order chi connectivity index (χ1) is 11.9. The van der Waals surface area contributed by atoms with E-state index in [2.05, 4.69) is 32.9 Å². The summed E-state index contributed by atoms with van der Waals surface area (Å²) in [6.45, 7) is 3.94. The molecule has 7 heteroatoms. The van der Waals surface area contributed by atoms with Crippen LogP contribution < -0.4 is 16.6 Å². The molecule has 128 valence electrons. The zero-order valence-electron chi connectivity index (χ0n) is 13.7. The van der Waals surface area contributed by atoms with Crippen LogP contribution in [0.4, 0.5) is 5.69 Å². The number of aryl methyl sites for hydroxylation is 1. The highest BCUT2D eigenvalue weighted by atomic mass is 127. The van der Waals surface area contributed by atoms with Gasteiger partial charge in [0.1, 0.15) is 0 Å². The van der Waals surface area contributed by atoms with Gasteiger partial charge in [0.2, 0.25) is 0 Å². The lowest BCUT2D eigenvalue weighted by Crippen LogP contribution is -2.34. The molecule has 3 rings (SSSR count). The van der Waals surface area contributed by atoms with Crippen LogP contribution in [0.5, 0.6) is 0 Å². The highest BCUT2D eigenvalue weighted by Crippen LogP contribution is 2.19. The Bertz CT molecular complexity index is 1100. The fourth-order valence-corrected chi connectivity index (χ4v) is 3.29. The number of hydrogen-bond donors (Lipinski definition) is 2. The van der Waals surface area contributed by atoms with Gasteiger partial charge in [-0.1, -0.05) is 0 Å². The van der Waals surface area contributed by atoms with E-state index in [1.807, 2.05) is 25.1 Å². The quantitative estimate of drug-likeness (QED) is 0.604. The van der Waals surface area contributed by atoms with Gasteiger partial charge in [-0.25, -0.2) is 4.79 Å². The van der Waals surface area contributed by atoms with E-state index in [-0.39, 0.29) is 11.5 Å². The second kappa shape index (κ2) is 6.83. The fourth-order valence-electron chi connectivity index (χ4n) is 2.64. The molecule has 6 nitrogen and oxygen atoms in total. The second-order valence-corrected chi connectivity index (χ2v) is 6.90. The first-order valence-corrected chi connectivity index (χ1v) is 8.83. The molecule has 0 saturated carbocycles. The number of H-pyrrole nitrogens is 1. The number of hydrogen-bond acceptors (Lipinski definition) is 3. The Hall–Kier alpha value is -2.42. The number of halogens is 1. The molecule has 1 heterocycles. The van der Waals surface area contributed by atoms with E-state index >= 15 is 0 Å². The summed E-state index contributed by atoms with van der Waals surface area (Å²) in [4.78, 5) is 39.4. The van der Waals surface area contributed by atoms with Gasteiger partial charge in [0.25, 0.3) is 11.5 Å². The Morgan fingerprint density at radius 2 is 1.96 bits per heavy atom.